The van der Waals surface area contributed by atoms with E-state index in [-0.39, 0.29) is 11.9 Å². The molecule has 1 N–H and O–H groups in total. The van der Waals surface area contributed by atoms with E-state index in [4.69, 9.17) is 4.74 Å². The smallest absolute Gasteiger partial charge is 0.251 e. The average Bonchev–Trinajstić information content (AvgIpc) is 3.35. The van der Waals surface area contributed by atoms with Gasteiger partial charge in [-0.3, -0.25) is 9.69 Å². The fourth-order valence-electron chi connectivity index (χ4n) is 3.20. The monoisotopic (exact) mass is 372 g/mol. The number of ether oxygens (including phenoxy) is 1. The van der Waals surface area contributed by atoms with Gasteiger partial charge in [-0.25, -0.2) is 0 Å². The molecule has 0 unspecified atom stereocenters. The molecule has 3 rings (SSSR count). The lowest BCUT2D eigenvalue weighted by Crippen LogP contribution is -2.36. The Balaban J connectivity index is 1.58. The predicted octanol–water partition coefficient (Wildman–Crippen LogP) is 4.35. The lowest BCUT2D eigenvalue weighted by atomic mass is 10.1. The number of nitrogens with zero attached hydrogens (tertiary/aromatic N) is 1. The van der Waals surface area contributed by atoms with E-state index in [2.05, 4.69) is 41.6 Å². The van der Waals surface area contributed by atoms with Crippen LogP contribution in [0.5, 0.6) is 5.75 Å². The SMILES string of the molecule is CC(C)COc1ccc(C(=O)NC[C@H](c2cccs2)N2CCCC2)cc1. The maximum absolute atomic E-state index is 12.5. The number of amides is 1. The third kappa shape index (κ3) is 5.08. The molecule has 0 saturated carbocycles. The van der Waals surface area contributed by atoms with Crippen molar-refractivity contribution in [1.29, 1.82) is 0 Å². The summed E-state index contributed by atoms with van der Waals surface area (Å²) in [5, 5.41) is 5.23. The number of benzene rings is 1. The number of carbonyl (C=O) groups excluding carboxylic acids is 1. The van der Waals surface area contributed by atoms with Gasteiger partial charge in [-0.05, 0) is 67.6 Å². The van der Waals surface area contributed by atoms with Crippen molar-refractivity contribution in [3.63, 3.8) is 0 Å². The highest BCUT2D eigenvalue weighted by atomic mass is 32.1. The lowest BCUT2D eigenvalue weighted by molar-refractivity contribution is 0.0938. The summed E-state index contributed by atoms with van der Waals surface area (Å²) in [6, 6.07) is 11.9. The summed E-state index contributed by atoms with van der Waals surface area (Å²) in [5.41, 5.74) is 0.674. The van der Waals surface area contributed by atoms with E-state index in [0.29, 0.717) is 24.6 Å². The second-order valence-corrected chi connectivity index (χ2v) is 8.19. The van der Waals surface area contributed by atoms with Crippen LogP contribution in [-0.4, -0.2) is 37.0 Å². The van der Waals surface area contributed by atoms with Gasteiger partial charge < -0.3 is 10.1 Å². The number of hydrogen-bond donors (Lipinski definition) is 1. The van der Waals surface area contributed by atoms with E-state index in [0.717, 1.165) is 18.8 Å². The minimum absolute atomic E-state index is 0.0267. The predicted molar refractivity (Wildman–Crippen MR) is 107 cm³/mol. The van der Waals surface area contributed by atoms with Crippen LogP contribution >= 0.6 is 11.3 Å². The summed E-state index contributed by atoms with van der Waals surface area (Å²) in [6.45, 7) is 7.79. The standard InChI is InChI=1S/C21H28N2O2S/c1-16(2)15-25-18-9-7-17(8-10-18)21(24)22-14-19(20-6-5-13-26-20)23-11-3-4-12-23/h5-10,13,16,19H,3-4,11-12,14-15H2,1-2H3,(H,22,24)/t19-/m1/s1. The van der Waals surface area contributed by atoms with E-state index in [1.807, 2.05) is 24.3 Å². The van der Waals surface area contributed by atoms with Crippen molar-refractivity contribution in [2.24, 2.45) is 5.92 Å². The number of rotatable bonds is 8. The Morgan fingerprint density at radius 3 is 2.54 bits per heavy atom. The molecule has 5 heteroatoms. The van der Waals surface area contributed by atoms with Crippen molar-refractivity contribution in [3.05, 3.63) is 52.2 Å². The van der Waals surface area contributed by atoms with Crippen LogP contribution in [0.3, 0.4) is 0 Å². The number of carbonyl (C=O) groups is 1. The molecule has 0 spiro atoms. The first-order chi connectivity index (χ1) is 12.6. The molecule has 0 aliphatic carbocycles. The van der Waals surface area contributed by atoms with E-state index in [1.54, 1.807) is 11.3 Å². The molecule has 1 atom stereocenters. The summed E-state index contributed by atoms with van der Waals surface area (Å²) < 4.78 is 5.68. The molecule has 2 aromatic rings. The summed E-state index contributed by atoms with van der Waals surface area (Å²) in [4.78, 5) is 16.3. The maximum atomic E-state index is 12.5. The Hall–Kier alpha value is -1.85. The van der Waals surface area contributed by atoms with Crippen LogP contribution in [0.1, 0.15) is 48.0 Å². The molecular formula is C21H28N2O2S. The summed E-state index contributed by atoms with van der Waals surface area (Å²) in [5.74, 6) is 1.27. The van der Waals surface area contributed by atoms with Gasteiger partial charge in [0.1, 0.15) is 5.75 Å². The molecule has 2 heterocycles. The molecule has 140 valence electrons. The third-order valence-electron chi connectivity index (χ3n) is 4.61. The normalized spacial score (nSPS) is 16.0. The topological polar surface area (TPSA) is 41.6 Å². The zero-order valence-electron chi connectivity index (χ0n) is 15.6. The molecule has 1 saturated heterocycles. The Bertz CT molecular complexity index is 677. The number of nitrogens with one attached hydrogen (secondary N) is 1. The van der Waals surface area contributed by atoms with Crippen LogP contribution in [0.4, 0.5) is 0 Å². The van der Waals surface area contributed by atoms with Gasteiger partial charge in [0.25, 0.3) is 5.91 Å². The van der Waals surface area contributed by atoms with Gasteiger partial charge in [0.2, 0.25) is 0 Å². The van der Waals surface area contributed by atoms with Crippen LogP contribution in [0.25, 0.3) is 0 Å². The second kappa shape index (κ2) is 9.19. The molecule has 0 radical (unpaired) electrons. The van der Waals surface area contributed by atoms with Gasteiger partial charge in [0.15, 0.2) is 0 Å². The molecule has 1 amide bonds. The molecule has 1 fully saturated rings. The molecule has 26 heavy (non-hydrogen) atoms. The lowest BCUT2D eigenvalue weighted by Gasteiger charge is -2.27. The Kier molecular flexibility index (Phi) is 6.69. The van der Waals surface area contributed by atoms with Crippen molar-refractivity contribution in [2.75, 3.05) is 26.2 Å². The van der Waals surface area contributed by atoms with Crippen LogP contribution in [-0.2, 0) is 0 Å². The highest BCUT2D eigenvalue weighted by Gasteiger charge is 2.24. The third-order valence-corrected chi connectivity index (χ3v) is 5.58. The summed E-state index contributed by atoms with van der Waals surface area (Å²) >= 11 is 1.77. The average molecular weight is 373 g/mol. The largest absolute Gasteiger partial charge is 0.493 e. The van der Waals surface area contributed by atoms with Gasteiger partial charge in [0, 0.05) is 17.0 Å². The highest BCUT2D eigenvalue weighted by molar-refractivity contribution is 7.10. The van der Waals surface area contributed by atoms with Crippen molar-refractivity contribution in [3.8, 4) is 5.75 Å². The molecular weight excluding hydrogens is 344 g/mol. The Labute approximate surface area is 160 Å². The fraction of sp³-hybridized carbons (Fsp3) is 0.476. The molecule has 1 aromatic carbocycles. The molecule has 1 aliphatic rings. The van der Waals surface area contributed by atoms with E-state index < -0.39 is 0 Å². The van der Waals surface area contributed by atoms with Crippen molar-refractivity contribution in [2.45, 2.75) is 32.7 Å². The highest BCUT2D eigenvalue weighted by Crippen LogP contribution is 2.28. The first kappa shape index (κ1) is 18.9. The zero-order chi connectivity index (χ0) is 18.4. The van der Waals surface area contributed by atoms with E-state index in [9.17, 15) is 4.79 Å². The minimum Gasteiger partial charge on any atom is -0.493 e. The van der Waals surface area contributed by atoms with Gasteiger partial charge in [-0.2, -0.15) is 0 Å². The summed E-state index contributed by atoms with van der Waals surface area (Å²) in [7, 11) is 0. The first-order valence-corrected chi connectivity index (χ1v) is 10.3. The molecule has 1 aromatic heterocycles. The van der Waals surface area contributed by atoms with Crippen LogP contribution in [0.15, 0.2) is 41.8 Å². The van der Waals surface area contributed by atoms with Crippen molar-refractivity contribution >= 4 is 17.2 Å². The van der Waals surface area contributed by atoms with Crippen LogP contribution in [0, 0.1) is 5.92 Å². The molecule has 0 bridgehead atoms. The van der Waals surface area contributed by atoms with E-state index in [1.165, 1.54) is 17.7 Å². The fourth-order valence-corrected chi connectivity index (χ4v) is 4.06. The summed E-state index contributed by atoms with van der Waals surface area (Å²) in [6.07, 6.45) is 2.49. The Morgan fingerprint density at radius 2 is 1.92 bits per heavy atom. The number of hydrogen-bond acceptors (Lipinski definition) is 4. The molecule has 1 aliphatic heterocycles. The zero-order valence-corrected chi connectivity index (χ0v) is 16.4. The minimum atomic E-state index is -0.0267. The van der Waals surface area contributed by atoms with Gasteiger partial charge in [-0.1, -0.05) is 19.9 Å². The van der Waals surface area contributed by atoms with Crippen LogP contribution < -0.4 is 10.1 Å². The second-order valence-electron chi connectivity index (χ2n) is 7.21. The number of thiophene rings is 1. The van der Waals surface area contributed by atoms with Gasteiger partial charge in [0.05, 0.1) is 12.6 Å². The maximum Gasteiger partial charge on any atom is 0.251 e. The first-order valence-electron chi connectivity index (χ1n) is 9.42. The van der Waals surface area contributed by atoms with Gasteiger partial charge >= 0.3 is 0 Å². The molecule has 4 nitrogen and oxygen atoms in total. The van der Waals surface area contributed by atoms with Crippen molar-refractivity contribution in [1.82, 2.24) is 10.2 Å². The van der Waals surface area contributed by atoms with Crippen molar-refractivity contribution < 1.29 is 9.53 Å². The number of likely N-dealkylation sites (tertiary alicyclic amines) is 1. The van der Waals surface area contributed by atoms with Gasteiger partial charge in [-0.15, -0.1) is 11.3 Å². The quantitative estimate of drug-likeness (QED) is 0.749. The van der Waals surface area contributed by atoms with E-state index >= 15 is 0 Å². The van der Waals surface area contributed by atoms with Crippen LogP contribution in [0.2, 0.25) is 0 Å². The Morgan fingerprint density at radius 1 is 1.19 bits per heavy atom.